The molecule has 0 aromatic carbocycles. The SMILES string of the molecule is C[C@@H]1CN(S(C)(=O)=O)CC[C@@H]1Nc1nc2ccc(-c3cn[nH]c3)c(N3CCCCC3)n2n1. The number of aromatic amines is 1. The summed E-state index contributed by atoms with van der Waals surface area (Å²) in [4.78, 5) is 7.14. The Hall–Kier alpha value is -2.66. The average Bonchev–Trinajstić information content (AvgIpc) is 3.44. The van der Waals surface area contributed by atoms with Gasteiger partial charge in [0.05, 0.1) is 12.5 Å². The van der Waals surface area contributed by atoms with Gasteiger partial charge in [-0.15, -0.1) is 5.10 Å². The predicted octanol–water partition coefficient (Wildman–Crippen LogP) is 2.19. The quantitative estimate of drug-likeness (QED) is 0.603. The minimum absolute atomic E-state index is 0.122. The molecule has 3 aromatic heterocycles. The lowest BCUT2D eigenvalue weighted by atomic mass is 9.95. The van der Waals surface area contributed by atoms with E-state index < -0.39 is 10.0 Å². The maximum absolute atomic E-state index is 11.9. The Balaban J connectivity index is 1.46. The molecule has 2 aliphatic rings. The molecule has 32 heavy (non-hydrogen) atoms. The fraction of sp³-hybridized carbons (Fsp3) is 0.571. The largest absolute Gasteiger partial charge is 0.356 e. The summed E-state index contributed by atoms with van der Waals surface area (Å²) in [5.74, 6) is 1.79. The average molecular weight is 459 g/mol. The van der Waals surface area contributed by atoms with Gasteiger partial charge in [-0.1, -0.05) is 6.92 Å². The zero-order chi connectivity index (χ0) is 22.3. The summed E-state index contributed by atoms with van der Waals surface area (Å²) in [6, 6.07) is 4.21. The Morgan fingerprint density at radius 2 is 1.97 bits per heavy atom. The fourth-order valence-corrected chi connectivity index (χ4v) is 5.76. The van der Waals surface area contributed by atoms with Crippen molar-refractivity contribution in [3.05, 3.63) is 24.5 Å². The number of fused-ring (bicyclic) bond motifs is 1. The highest BCUT2D eigenvalue weighted by molar-refractivity contribution is 7.88. The van der Waals surface area contributed by atoms with Gasteiger partial charge in [0.15, 0.2) is 5.65 Å². The number of pyridine rings is 1. The van der Waals surface area contributed by atoms with Gasteiger partial charge in [-0.3, -0.25) is 5.10 Å². The molecule has 3 aromatic rings. The second-order valence-electron chi connectivity index (χ2n) is 8.95. The smallest absolute Gasteiger partial charge is 0.243 e. The van der Waals surface area contributed by atoms with Crippen LogP contribution in [0.5, 0.6) is 0 Å². The number of hydrogen-bond donors (Lipinski definition) is 2. The fourth-order valence-electron chi connectivity index (χ4n) is 4.82. The minimum atomic E-state index is -3.16. The summed E-state index contributed by atoms with van der Waals surface area (Å²) in [5.41, 5.74) is 2.90. The van der Waals surface area contributed by atoms with Crippen molar-refractivity contribution in [1.82, 2.24) is 29.1 Å². The molecule has 11 heteroatoms. The maximum atomic E-state index is 11.9. The number of H-pyrrole nitrogens is 1. The van der Waals surface area contributed by atoms with Crippen molar-refractivity contribution in [1.29, 1.82) is 0 Å². The highest BCUT2D eigenvalue weighted by Gasteiger charge is 2.31. The monoisotopic (exact) mass is 458 g/mol. The first kappa shape index (κ1) is 21.2. The lowest BCUT2D eigenvalue weighted by molar-refractivity contribution is 0.262. The highest BCUT2D eigenvalue weighted by Crippen LogP contribution is 2.33. The molecule has 0 spiro atoms. The van der Waals surface area contributed by atoms with Crippen molar-refractivity contribution in [2.45, 2.75) is 38.6 Å². The molecule has 2 atom stereocenters. The summed E-state index contributed by atoms with van der Waals surface area (Å²) in [6.45, 7) is 5.08. The van der Waals surface area contributed by atoms with Crippen LogP contribution in [0, 0.1) is 5.92 Å². The van der Waals surface area contributed by atoms with E-state index in [4.69, 9.17) is 10.1 Å². The third kappa shape index (κ3) is 4.06. The Morgan fingerprint density at radius 3 is 2.66 bits per heavy atom. The molecular weight excluding hydrogens is 428 g/mol. The van der Waals surface area contributed by atoms with Gasteiger partial charge in [0, 0.05) is 49.5 Å². The molecule has 0 aliphatic carbocycles. The normalized spacial score (nSPS) is 23.0. The Kier molecular flexibility index (Phi) is 5.54. The molecule has 2 aliphatic heterocycles. The first-order valence-electron chi connectivity index (χ1n) is 11.3. The van der Waals surface area contributed by atoms with Crippen LogP contribution in [-0.4, -0.2) is 76.0 Å². The van der Waals surface area contributed by atoms with Crippen LogP contribution >= 0.6 is 0 Å². The summed E-state index contributed by atoms with van der Waals surface area (Å²) in [6.07, 6.45) is 9.32. The van der Waals surface area contributed by atoms with E-state index in [1.54, 1.807) is 4.31 Å². The molecule has 2 fully saturated rings. The van der Waals surface area contributed by atoms with E-state index in [1.807, 2.05) is 23.0 Å². The van der Waals surface area contributed by atoms with E-state index in [9.17, 15) is 8.42 Å². The second-order valence-corrected chi connectivity index (χ2v) is 10.9. The number of anilines is 2. The number of nitrogens with one attached hydrogen (secondary N) is 2. The van der Waals surface area contributed by atoms with Crippen molar-refractivity contribution in [3.63, 3.8) is 0 Å². The van der Waals surface area contributed by atoms with Gasteiger partial charge < -0.3 is 10.2 Å². The third-order valence-corrected chi connectivity index (χ3v) is 7.86. The van der Waals surface area contributed by atoms with Gasteiger partial charge in [0.25, 0.3) is 0 Å². The van der Waals surface area contributed by atoms with E-state index in [1.165, 1.54) is 12.7 Å². The first-order chi connectivity index (χ1) is 15.4. The van der Waals surface area contributed by atoms with Crippen LogP contribution in [0.1, 0.15) is 32.6 Å². The van der Waals surface area contributed by atoms with Crippen LogP contribution in [0.25, 0.3) is 16.8 Å². The minimum Gasteiger partial charge on any atom is -0.356 e. The van der Waals surface area contributed by atoms with Gasteiger partial charge >= 0.3 is 0 Å². The molecule has 0 radical (unpaired) electrons. The highest BCUT2D eigenvalue weighted by atomic mass is 32.2. The number of sulfonamides is 1. The van der Waals surface area contributed by atoms with Crippen LogP contribution in [-0.2, 0) is 10.0 Å². The molecule has 0 saturated carbocycles. The van der Waals surface area contributed by atoms with Crippen molar-refractivity contribution < 1.29 is 8.42 Å². The molecule has 0 amide bonds. The summed E-state index contributed by atoms with van der Waals surface area (Å²) in [7, 11) is -3.16. The molecule has 10 nitrogen and oxygen atoms in total. The summed E-state index contributed by atoms with van der Waals surface area (Å²) < 4.78 is 27.3. The standard InChI is InChI=1S/C21H30N8O2S/c1-15-14-28(32(2,30)31)11-8-18(15)24-21-25-19-7-6-17(16-12-22-23-13-16)20(29(19)26-21)27-9-4-3-5-10-27/h6-7,12-13,15,18H,3-5,8-11,14H2,1-2H3,(H,22,23)(H,24,26)/t15-,18+/m1/s1. The lowest BCUT2D eigenvalue weighted by Crippen LogP contribution is -2.47. The van der Waals surface area contributed by atoms with E-state index in [0.717, 1.165) is 54.9 Å². The topological polar surface area (TPSA) is 112 Å². The zero-order valence-corrected chi connectivity index (χ0v) is 19.3. The second kappa shape index (κ2) is 8.36. The maximum Gasteiger partial charge on any atom is 0.243 e. The number of hydrogen-bond acceptors (Lipinski definition) is 7. The van der Waals surface area contributed by atoms with E-state index in [0.29, 0.717) is 19.0 Å². The summed E-state index contributed by atoms with van der Waals surface area (Å²) in [5, 5.41) is 15.4. The van der Waals surface area contributed by atoms with Crippen molar-refractivity contribution in [3.8, 4) is 11.1 Å². The third-order valence-electron chi connectivity index (χ3n) is 6.59. The molecule has 0 bridgehead atoms. The van der Waals surface area contributed by atoms with E-state index in [2.05, 4.69) is 33.4 Å². The van der Waals surface area contributed by atoms with E-state index in [-0.39, 0.29) is 12.0 Å². The molecule has 2 saturated heterocycles. The Bertz CT molecular complexity index is 1180. The molecule has 0 unspecified atom stereocenters. The molecule has 2 N–H and O–H groups in total. The van der Waals surface area contributed by atoms with Gasteiger partial charge in [0.1, 0.15) is 5.82 Å². The summed E-state index contributed by atoms with van der Waals surface area (Å²) >= 11 is 0. The molecule has 5 rings (SSSR count). The molecular formula is C21H30N8O2S. The van der Waals surface area contributed by atoms with Gasteiger partial charge in [-0.25, -0.2) is 12.7 Å². The van der Waals surface area contributed by atoms with Crippen molar-refractivity contribution in [2.75, 3.05) is 42.7 Å². The number of aromatic nitrogens is 5. The number of piperidine rings is 2. The first-order valence-corrected chi connectivity index (χ1v) is 13.1. The Labute approximate surface area is 188 Å². The van der Waals surface area contributed by atoms with Crippen LogP contribution < -0.4 is 10.2 Å². The zero-order valence-electron chi connectivity index (χ0n) is 18.5. The van der Waals surface area contributed by atoms with Crippen LogP contribution in [0.4, 0.5) is 11.8 Å². The van der Waals surface area contributed by atoms with Crippen LogP contribution in [0.3, 0.4) is 0 Å². The van der Waals surface area contributed by atoms with Crippen LogP contribution in [0.2, 0.25) is 0 Å². The predicted molar refractivity (Wildman–Crippen MR) is 124 cm³/mol. The lowest BCUT2D eigenvalue weighted by Gasteiger charge is -2.35. The number of nitrogens with zero attached hydrogens (tertiary/aromatic N) is 6. The van der Waals surface area contributed by atoms with Crippen molar-refractivity contribution >= 4 is 27.4 Å². The number of rotatable bonds is 5. The van der Waals surface area contributed by atoms with Crippen molar-refractivity contribution in [2.24, 2.45) is 5.92 Å². The van der Waals surface area contributed by atoms with E-state index >= 15 is 0 Å². The molecule has 172 valence electrons. The van der Waals surface area contributed by atoms with Gasteiger partial charge in [-0.05, 0) is 43.7 Å². The molecule has 5 heterocycles. The van der Waals surface area contributed by atoms with Gasteiger partial charge in [-0.2, -0.15) is 14.6 Å². The Morgan fingerprint density at radius 1 is 1.16 bits per heavy atom. The van der Waals surface area contributed by atoms with Crippen LogP contribution in [0.15, 0.2) is 24.5 Å². The van der Waals surface area contributed by atoms with Gasteiger partial charge in [0.2, 0.25) is 16.0 Å².